The fraction of sp³-hybridized carbons (Fsp3) is 0.176. The molecule has 2 N–H and O–H groups in total. The molecule has 26 heavy (non-hydrogen) atoms. The number of nitrogens with one attached hydrogen (secondary N) is 2. The molecule has 0 unspecified atom stereocenters. The summed E-state index contributed by atoms with van der Waals surface area (Å²) in [6.07, 6.45) is 1.51. The molecule has 0 bridgehead atoms. The first-order chi connectivity index (χ1) is 12.3. The molecular weight excluding hydrogens is 359 g/mol. The molecule has 0 radical (unpaired) electrons. The van der Waals surface area contributed by atoms with Gasteiger partial charge in [0, 0.05) is 6.54 Å². The summed E-state index contributed by atoms with van der Waals surface area (Å²) >= 11 is 0. The van der Waals surface area contributed by atoms with Gasteiger partial charge in [-0.2, -0.15) is 0 Å². The van der Waals surface area contributed by atoms with Crippen LogP contribution in [0.15, 0.2) is 52.0 Å². The average molecular weight is 376 g/mol. The molecular formula is C17H17FN4O3S. The summed E-state index contributed by atoms with van der Waals surface area (Å²) < 4.78 is 45.0. The summed E-state index contributed by atoms with van der Waals surface area (Å²) in [6.45, 7) is 3.58. The van der Waals surface area contributed by atoms with Crippen molar-refractivity contribution in [3.05, 3.63) is 65.4 Å². The quantitative estimate of drug-likeness (QED) is 0.685. The zero-order valence-corrected chi connectivity index (χ0v) is 15.0. The Kier molecular flexibility index (Phi) is 4.90. The lowest BCUT2D eigenvalue weighted by molar-refractivity contribution is 0.390. The second-order valence-electron chi connectivity index (χ2n) is 5.67. The topological polar surface area (TPSA) is 97.1 Å². The third kappa shape index (κ3) is 3.99. The maximum absolute atomic E-state index is 12.9. The summed E-state index contributed by atoms with van der Waals surface area (Å²) in [4.78, 5) is 4.11. The number of nitrogens with zero attached hydrogens (tertiary/aromatic N) is 2. The van der Waals surface area contributed by atoms with Crippen LogP contribution in [-0.4, -0.2) is 18.6 Å². The van der Waals surface area contributed by atoms with Crippen molar-refractivity contribution in [1.82, 2.24) is 10.1 Å². The number of hydrogen-bond acceptors (Lipinski definition) is 6. The Labute approximate surface area is 150 Å². The lowest BCUT2D eigenvalue weighted by atomic mass is 10.2. The molecule has 0 saturated carbocycles. The van der Waals surface area contributed by atoms with Crippen molar-refractivity contribution in [1.29, 1.82) is 0 Å². The van der Waals surface area contributed by atoms with Gasteiger partial charge in [0.2, 0.25) is 0 Å². The summed E-state index contributed by atoms with van der Waals surface area (Å²) in [5.41, 5.74) is 1.90. The highest BCUT2D eigenvalue weighted by molar-refractivity contribution is 7.92. The van der Waals surface area contributed by atoms with E-state index in [4.69, 9.17) is 4.52 Å². The fourth-order valence-corrected chi connectivity index (χ4v) is 3.75. The van der Waals surface area contributed by atoms with Gasteiger partial charge in [0.15, 0.2) is 10.7 Å². The third-order valence-electron chi connectivity index (χ3n) is 3.65. The molecule has 0 atom stereocenters. The largest absolute Gasteiger partial charge is 0.380 e. The van der Waals surface area contributed by atoms with Crippen LogP contribution in [0.1, 0.15) is 17.0 Å². The lowest BCUT2D eigenvalue weighted by Gasteiger charge is -2.09. The molecule has 1 aromatic carbocycles. The Hall–Kier alpha value is -2.94. The van der Waals surface area contributed by atoms with Crippen molar-refractivity contribution in [3.8, 4) is 0 Å². The monoisotopic (exact) mass is 376 g/mol. The van der Waals surface area contributed by atoms with Crippen LogP contribution in [0.5, 0.6) is 0 Å². The zero-order chi connectivity index (χ0) is 18.7. The van der Waals surface area contributed by atoms with Crippen LogP contribution in [0, 0.1) is 19.7 Å². The normalized spacial score (nSPS) is 11.3. The standard InChI is InChI=1S/C17H17FN4O3S/c1-11-17(12(2)25-21-11)26(23,24)22-16-8-7-15(10-20-16)19-9-13-3-5-14(18)6-4-13/h3-8,10,19H,9H2,1-2H3,(H,20,22). The van der Waals surface area contributed by atoms with E-state index in [0.717, 1.165) is 5.56 Å². The van der Waals surface area contributed by atoms with Crippen molar-refractivity contribution in [2.24, 2.45) is 0 Å². The Bertz CT molecular complexity index is 980. The summed E-state index contributed by atoms with van der Waals surface area (Å²) in [7, 11) is -3.83. The van der Waals surface area contributed by atoms with Crippen molar-refractivity contribution in [2.75, 3.05) is 10.0 Å². The van der Waals surface area contributed by atoms with E-state index in [1.165, 1.54) is 25.3 Å². The van der Waals surface area contributed by atoms with E-state index in [2.05, 4.69) is 20.2 Å². The van der Waals surface area contributed by atoms with Gasteiger partial charge in [0.1, 0.15) is 17.3 Å². The molecule has 2 heterocycles. The minimum atomic E-state index is -3.83. The second-order valence-corrected chi connectivity index (χ2v) is 7.29. The van der Waals surface area contributed by atoms with Gasteiger partial charge in [0.25, 0.3) is 10.0 Å². The number of benzene rings is 1. The first-order valence-electron chi connectivity index (χ1n) is 7.75. The molecule has 0 amide bonds. The van der Waals surface area contributed by atoms with Gasteiger partial charge in [-0.3, -0.25) is 4.72 Å². The van der Waals surface area contributed by atoms with Gasteiger partial charge in [0.05, 0.1) is 11.9 Å². The number of halogens is 1. The predicted molar refractivity (Wildman–Crippen MR) is 94.7 cm³/mol. The fourth-order valence-electron chi connectivity index (χ4n) is 2.41. The van der Waals surface area contributed by atoms with Crippen LogP contribution in [0.25, 0.3) is 0 Å². The Balaban J connectivity index is 1.67. The van der Waals surface area contributed by atoms with Gasteiger partial charge >= 0.3 is 0 Å². The van der Waals surface area contributed by atoms with Gasteiger partial charge in [-0.05, 0) is 43.7 Å². The molecule has 136 valence electrons. The smallest absolute Gasteiger partial charge is 0.268 e. The summed E-state index contributed by atoms with van der Waals surface area (Å²) in [5.74, 6) is 0.107. The molecule has 0 spiro atoms. The Morgan fingerprint density at radius 2 is 1.85 bits per heavy atom. The van der Waals surface area contributed by atoms with E-state index < -0.39 is 10.0 Å². The lowest BCUT2D eigenvalue weighted by Crippen LogP contribution is -2.15. The zero-order valence-electron chi connectivity index (χ0n) is 14.2. The van der Waals surface area contributed by atoms with Crippen LogP contribution in [0.2, 0.25) is 0 Å². The first-order valence-corrected chi connectivity index (χ1v) is 9.23. The van der Waals surface area contributed by atoms with Crippen molar-refractivity contribution < 1.29 is 17.3 Å². The summed E-state index contributed by atoms with van der Waals surface area (Å²) in [6, 6.07) is 9.39. The number of aryl methyl sites for hydroxylation is 2. The van der Waals surface area contributed by atoms with E-state index in [9.17, 15) is 12.8 Å². The van der Waals surface area contributed by atoms with Crippen LogP contribution < -0.4 is 10.0 Å². The van der Waals surface area contributed by atoms with Crippen molar-refractivity contribution in [2.45, 2.75) is 25.3 Å². The van der Waals surface area contributed by atoms with E-state index in [1.54, 1.807) is 31.2 Å². The van der Waals surface area contributed by atoms with Crippen LogP contribution in [-0.2, 0) is 16.6 Å². The van der Waals surface area contributed by atoms with Gasteiger partial charge in [-0.25, -0.2) is 17.8 Å². The second kappa shape index (κ2) is 7.12. The molecule has 2 aromatic heterocycles. The van der Waals surface area contributed by atoms with Crippen LogP contribution >= 0.6 is 0 Å². The highest BCUT2D eigenvalue weighted by Crippen LogP contribution is 2.22. The number of rotatable bonds is 6. The predicted octanol–water partition coefficient (Wildman–Crippen LogP) is 3.24. The van der Waals surface area contributed by atoms with E-state index in [1.807, 2.05) is 0 Å². The molecule has 3 aromatic rings. The van der Waals surface area contributed by atoms with E-state index in [-0.39, 0.29) is 28.0 Å². The highest BCUT2D eigenvalue weighted by atomic mass is 32.2. The molecule has 0 aliphatic rings. The molecule has 0 aliphatic carbocycles. The Morgan fingerprint density at radius 3 is 2.42 bits per heavy atom. The highest BCUT2D eigenvalue weighted by Gasteiger charge is 2.24. The van der Waals surface area contributed by atoms with Gasteiger partial charge in [-0.15, -0.1) is 0 Å². The van der Waals surface area contributed by atoms with Crippen molar-refractivity contribution in [3.63, 3.8) is 0 Å². The Morgan fingerprint density at radius 1 is 1.12 bits per heavy atom. The van der Waals surface area contributed by atoms with Crippen LogP contribution in [0.4, 0.5) is 15.9 Å². The number of sulfonamides is 1. The SMILES string of the molecule is Cc1noc(C)c1S(=O)(=O)Nc1ccc(NCc2ccc(F)cc2)cn1. The number of pyridine rings is 1. The van der Waals surface area contributed by atoms with Gasteiger partial charge in [-0.1, -0.05) is 17.3 Å². The van der Waals surface area contributed by atoms with Crippen molar-refractivity contribution >= 4 is 21.5 Å². The maximum Gasteiger partial charge on any atom is 0.268 e. The minimum absolute atomic E-state index is 0.0119. The average Bonchev–Trinajstić information content (AvgIpc) is 2.95. The molecule has 0 fully saturated rings. The number of anilines is 2. The molecule has 7 nitrogen and oxygen atoms in total. The van der Waals surface area contributed by atoms with Crippen LogP contribution in [0.3, 0.4) is 0 Å². The molecule has 3 rings (SSSR count). The number of aromatic nitrogens is 2. The first kappa shape index (κ1) is 17.9. The summed E-state index contributed by atoms with van der Waals surface area (Å²) in [5, 5.41) is 6.78. The van der Waals surface area contributed by atoms with Gasteiger partial charge < -0.3 is 9.84 Å². The molecule has 9 heteroatoms. The minimum Gasteiger partial charge on any atom is -0.380 e. The maximum atomic E-state index is 12.9. The number of hydrogen-bond donors (Lipinski definition) is 2. The third-order valence-corrected chi connectivity index (χ3v) is 5.25. The van der Waals surface area contributed by atoms with E-state index >= 15 is 0 Å². The molecule has 0 aliphatic heterocycles. The molecule has 0 saturated heterocycles. The van der Waals surface area contributed by atoms with E-state index in [0.29, 0.717) is 12.2 Å².